The molecular formula is C7H11N2ORe-. The number of hydrogen-bond acceptors (Lipinski definition) is 2. The minimum atomic E-state index is -0.271. The molecule has 0 bridgehead atoms. The molecule has 1 heterocycles. The molecule has 0 aliphatic rings. The van der Waals surface area contributed by atoms with Gasteiger partial charge in [0.2, 0.25) is 5.69 Å². The van der Waals surface area contributed by atoms with Gasteiger partial charge in [0.25, 0.3) is 0 Å². The fourth-order valence-corrected chi connectivity index (χ4v) is 0.388. The molecule has 1 rings (SSSR count). The Labute approximate surface area is 80.1 Å². The number of nitrogens with zero attached hydrogens (tertiary/aromatic N) is 2. The quantitative estimate of drug-likeness (QED) is 0.655. The van der Waals surface area contributed by atoms with Crippen LogP contribution < -0.4 is 5.69 Å². The van der Waals surface area contributed by atoms with Crippen LogP contribution in [-0.4, -0.2) is 9.55 Å². The first-order valence-corrected chi connectivity index (χ1v) is 3.20. The normalized spacial score (nSPS) is 7.18. The van der Waals surface area contributed by atoms with Crippen LogP contribution in [-0.2, 0) is 27.5 Å². The van der Waals surface area contributed by atoms with Crippen molar-refractivity contribution in [2.75, 3.05) is 0 Å². The Hall–Kier alpha value is -0.458. The Morgan fingerprint density at radius 2 is 2.09 bits per heavy atom. The van der Waals surface area contributed by atoms with Gasteiger partial charge in [-0.1, -0.05) is 26.2 Å². The summed E-state index contributed by atoms with van der Waals surface area (Å²) < 4.78 is 1.29. The SMILES string of the molecule is CC.Cn1[c-]ccnc1=O.[Re]. The van der Waals surface area contributed by atoms with Crippen molar-refractivity contribution < 1.29 is 20.4 Å². The molecule has 63 valence electrons. The summed E-state index contributed by atoms with van der Waals surface area (Å²) in [5.41, 5.74) is -0.271. The predicted octanol–water partition coefficient (Wildman–Crippen LogP) is 0.604. The molecule has 3 nitrogen and oxygen atoms in total. The van der Waals surface area contributed by atoms with Gasteiger partial charge in [0.05, 0.1) is 0 Å². The molecular weight excluding hydrogens is 314 g/mol. The molecule has 0 fully saturated rings. The molecule has 0 aliphatic heterocycles. The van der Waals surface area contributed by atoms with E-state index in [1.807, 2.05) is 13.8 Å². The summed E-state index contributed by atoms with van der Waals surface area (Å²) in [7, 11) is 1.61. The average Bonchev–Trinajstić information content (AvgIpc) is 2.00. The third-order valence-corrected chi connectivity index (χ3v) is 0.815. The van der Waals surface area contributed by atoms with Crippen LogP contribution in [0.5, 0.6) is 0 Å². The van der Waals surface area contributed by atoms with Crippen molar-refractivity contribution >= 4 is 0 Å². The molecule has 1 aromatic rings. The van der Waals surface area contributed by atoms with Gasteiger partial charge in [0.15, 0.2) is 0 Å². The van der Waals surface area contributed by atoms with E-state index in [-0.39, 0.29) is 26.1 Å². The Morgan fingerprint density at radius 1 is 1.55 bits per heavy atom. The molecule has 0 amide bonds. The van der Waals surface area contributed by atoms with Crippen molar-refractivity contribution in [2.24, 2.45) is 7.05 Å². The molecule has 0 N–H and O–H groups in total. The van der Waals surface area contributed by atoms with Gasteiger partial charge in [-0.3, -0.25) is 0 Å². The Balaban J connectivity index is 0. The zero-order valence-electron chi connectivity index (χ0n) is 6.84. The monoisotopic (exact) mass is 326 g/mol. The minimum Gasteiger partial charge on any atom is -0.411 e. The summed E-state index contributed by atoms with van der Waals surface area (Å²) in [6.45, 7) is 4.00. The van der Waals surface area contributed by atoms with Crippen LogP contribution in [0, 0.1) is 6.20 Å². The molecule has 4 heteroatoms. The Kier molecular flexibility index (Phi) is 9.15. The van der Waals surface area contributed by atoms with E-state index in [1.165, 1.54) is 10.8 Å². The van der Waals surface area contributed by atoms with Gasteiger partial charge < -0.3 is 14.3 Å². The van der Waals surface area contributed by atoms with Crippen molar-refractivity contribution in [3.05, 3.63) is 28.9 Å². The van der Waals surface area contributed by atoms with Gasteiger partial charge in [-0.05, 0) is 7.05 Å². The number of hydrogen-bond donors (Lipinski definition) is 0. The van der Waals surface area contributed by atoms with Crippen molar-refractivity contribution in [3.8, 4) is 0 Å². The smallest absolute Gasteiger partial charge is 0.229 e. The predicted molar refractivity (Wildman–Crippen MR) is 39.7 cm³/mol. The van der Waals surface area contributed by atoms with Crippen LogP contribution >= 0.6 is 0 Å². The van der Waals surface area contributed by atoms with Crippen LogP contribution in [0.25, 0.3) is 0 Å². The molecule has 11 heavy (non-hydrogen) atoms. The summed E-state index contributed by atoms with van der Waals surface area (Å²) in [6.07, 6.45) is 4.06. The number of rotatable bonds is 0. The van der Waals surface area contributed by atoms with E-state index in [4.69, 9.17) is 0 Å². The molecule has 0 unspecified atom stereocenters. The summed E-state index contributed by atoms with van der Waals surface area (Å²) in [6, 6.07) is 1.58. The standard InChI is InChI=1S/C5H5N2O.C2H6.Re/c1-7-4-2-3-6-5(7)8;1-2;/h2-3H,1H3;1-2H3;/q-1;;. The van der Waals surface area contributed by atoms with E-state index in [2.05, 4.69) is 11.2 Å². The molecule has 1 radical (unpaired) electrons. The maximum absolute atomic E-state index is 10.4. The van der Waals surface area contributed by atoms with Crippen molar-refractivity contribution in [1.29, 1.82) is 0 Å². The largest absolute Gasteiger partial charge is 0.411 e. The fraction of sp³-hybridized carbons (Fsp3) is 0.429. The average molecular weight is 325 g/mol. The number of aromatic nitrogens is 2. The maximum Gasteiger partial charge on any atom is 0.229 e. The first kappa shape index (κ1) is 13.2. The molecule has 0 spiro atoms. The van der Waals surface area contributed by atoms with Gasteiger partial charge in [-0.2, -0.15) is 0 Å². The summed E-state index contributed by atoms with van der Waals surface area (Å²) in [4.78, 5) is 13.9. The minimum absolute atomic E-state index is 0. The van der Waals surface area contributed by atoms with Gasteiger partial charge in [0.1, 0.15) is 0 Å². The second-order valence-corrected chi connectivity index (χ2v) is 1.42. The van der Waals surface area contributed by atoms with Crippen LogP contribution in [0.1, 0.15) is 13.8 Å². The van der Waals surface area contributed by atoms with Gasteiger partial charge in [0, 0.05) is 20.4 Å². The fourth-order valence-electron chi connectivity index (χ4n) is 0.388. The molecule has 0 saturated heterocycles. The van der Waals surface area contributed by atoms with E-state index in [0.717, 1.165) is 0 Å². The maximum atomic E-state index is 10.4. The second-order valence-electron chi connectivity index (χ2n) is 1.42. The summed E-state index contributed by atoms with van der Waals surface area (Å²) in [5, 5.41) is 0. The van der Waals surface area contributed by atoms with Crippen molar-refractivity contribution in [2.45, 2.75) is 13.8 Å². The van der Waals surface area contributed by atoms with E-state index in [0.29, 0.717) is 0 Å². The van der Waals surface area contributed by atoms with Crippen LogP contribution in [0.3, 0.4) is 0 Å². The zero-order valence-corrected chi connectivity index (χ0v) is 9.55. The number of aryl methyl sites for hydroxylation is 1. The van der Waals surface area contributed by atoms with Gasteiger partial charge in [-0.15, -0.1) is 6.07 Å². The first-order chi connectivity index (χ1) is 4.80. The third kappa shape index (κ3) is 4.88. The molecule has 0 atom stereocenters. The van der Waals surface area contributed by atoms with Crippen LogP contribution in [0.15, 0.2) is 17.1 Å². The topological polar surface area (TPSA) is 34.9 Å². The van der Waals surface area contributed by atoms with Crippen molar-refractivity contribution in [3.63, 3.8) is 0 Å². The summed E-state index contributed by atoms with van der Waals surface area (Å²) >= 11 is 0. The Bertz CT molecular complexity index is 234. The van der Waals surface area contributed by atoms with E-state index < -0.39 is 0 Å². The van der Waals surface area contributed by atoms with Gasteiger partial charge >= 0.3 is 0 Å². The summed E-state index contributed by atoms with van der Waals surface area (Å²) in [5.74, 6) is 0. The van der Waals surface area contributed by atoms with Crippen LogP contribution in [0.4, 0.5) is 0 Å². The van der Waals surface area contributed by atoms with E-state index in [1.54, 1.807) is 13.1 Å². The van der Waals surface area contributed by atoms with Crippen molar-refractivity contribution in [1.82, 2.24) is 9.55 Å². The van der Waals surface area contributed by atoms with Crippen LogP contribution in [0.2, 0.25) is 0 Å². The van der Waals surface area contributed by atoms with Gasteiger partial charge in [-0.25, -0.2) is 0 Å². The second kappa shape index (κ2) is 7.65. The zero-order chi connectivity index (χ0) is 7.98. The van der Waals surface area contributed by atoms with E-state index in [9.17, 15) is 4.79 Å². The Morgan fingerprint density at radius 3 is 2.36 bits per heavy atom. The molecule has 1 aromatic heterocycles. The molecule has 0 saturated carbocycles. The van der Waals surface area contributed by atoms with E-state index >= 15 is 0 Å². The third-order valence-electron chi connectivity index (χ3n) is 0.815. The first-order valence-electron chi connectivity index (χ1n) is 3.20. The molecule has 0 aliphatic carbocycles. The molecule has 0 aromatic carbocycles.